The molecule has 1 aliphatic rings. The van der Waals surface area contributed by atoms with Crippen molar-refractivity contribution in [2.75, 3.05) is 20.2 Å². The number of benzene rings is 2. The fourth-order valence-electron chi connectivity index (χ4n) is 4.03. The number of fused-ring (bicyclic) bond motifs is 3. The zero-order valence-corrected chi connectivity index (χ0v) is 17.8. The first-order chi connectivity index (χ1) is 14.9. The van der Waals surface area contributed by atoms with Crippen molar-refractivity contribution in [3.05, 3.63) is 59.7 Å². The van der Waals surface area contributed by atoms with Crippen molar-refractivity contribution < 1.29 is 24.2 Å². The predicted octanol–water partition coefficient (Wildman–Crippen LogP) is 3.63. The van der Waals surface area contributed by atoms with E-state index in [1.807, 2.05) is 36.4 Å². The summed E-state index contributed by atoms with van der Waals surface area (Å²) >= 11 is 0. The summed E-state index contributed by atoms with van der Waals surface area (Å²) in [6, 6.07) is 15.1. The molecule has 2 aromatic rings. The Hall–Kier alpha value is -3.35. The lowest BCUT2D eigenvalue weighted by molar-refractivity contribution is -0.142. The molecule has 0 aromatic heterocycles. The maximum Gasteiger partial charge on any atom is 0.410 e. The summed E-state index contributed by atoms with van der Waals surface area (Å²) in [7, 11) is 1.45. The van der Waals surface area contributed by atoms with E-state index in [0.29, 0.717) is 19.4 Å². The first kappa shape index (κ1) is 22.3. The quantitative estimate of drug-likeness (QED) is 0.600. The SMILES string of the molecule is CC(=O)NCCCC[C@@H](C(=O)O)N(C)C(=O)OCC1c2ccccc2-c2ccccc21. The molecule has 0 unspecified atom stereocenters. The monoisotopic (exact) mass is 424 g/mol. The van der Waals surface area contributed by atoms with Crippen LogP contribution in [-0.4, -0.2) is 54.2 Å². The number of rotatable bonds is 9. The summed E-state index contributed by atoms with van der Waals surface area (Å²) in [5, 5.41) is 12.2. The highest BCUT2D eigenvalue weighted by Gasteiger charge is 2.31. The second kappa shape index (κ2) is 10.1. The number of nitrogens with zero attached hydrogens (tertiary/aromatic N) is 1. The summed E-state index contributed by atoms with van der Waals surface area (Å²) in [6.07, 6.45) is 0.839. The van der Waals surface area contributed by atoms with Crippen LogP contribution in [0.2, 0.25) is 0 Å². The lowest BCUT2D eigenvalue weighted by Gasteiger charge is -2.25. The molecule has 0 heterocycles. The number of hydrogen-bond donors (Lipinski definition) is 2. The van der Waals surface area contributed by atoms with E-state index in [2.05, 4.69) is 17.4 Å². The van der Waals surface area contributed by atoms with Crippen molar-refractivity contribution in [1.29, 1.82) is 0 Å². The molecule has 0 saturated carbocycles. The molecule has 2 aromatic carbocycles. The molecule has 2 amide bonds. The number of nitrogens with one attached hydrogen (secondary N) is 1. The lowest BCUT2D eigenvalue weighted by atomic mass is 9.98. The second-order valence-corrected chi connectivity index (χ2v) is 7.75. The van der Waals surface area contributed by atoms with Crippen LogP contribution in [0.3, 0.4) is 0 Å². The van der Waals surface area contributed by atoms with E-state index >= 15 is 0 Å². The van der Waals surface area contributed by atoms with Crippen LogP contribution in [-0.2, 0) is 14.3 Å². The zero-order chi connectivity index (χ0) is 22.4. The number of ether oxygens (including phenoxy) is 1. The molecule has 1 aliphatic carbocycles. The molecule has 3 rings (SSSR count). The van der Waals surface area contributed by atoms with Gasteiger partial charge in [0.25, 0.3) is 0 Å². The van der Waals surface area contributed by atoms with Gasteiger partial charge in [-0.25, -0.2) is 9.59 Å². The number of aliphatic carboxylic acids is 1. The first-order valence-corrected chi connectivity index (χ1v) is 10.4. The van der Waals surface area contributed by atoms with E-state index in [9.17, 15) is 19.5 Å². The standard InChI is InChI=1S/C24H28N2O5/c1-16(27)25-14-8-7-13-22(23(28)29)26(2)24(30)31-15-21-19-11-5-3-9-17(19)18-10-4-6-12-20(18)21/h3-6,9-12,21-22H,7-8,13-15H2,1-2H3,(H,25,27)(H,28,29)/t22-/m0/s1. The van der Waals surface area contributed by atoms with E-state index < -0.39 is 18.1 Å². The number of carbonyl (C=O) groups excluding carboxylic acids is 2. The van der Waals surface area contributed by atoms with Gasteiger partial charge >= 0.3 is 12.1 Å². The third-order valence-corrected chi connectivity index (χ3v) is 5.65. The normalized spacial score (nSPS) is 13.1. The van der Waals surface area contributed by atoms with Gasteiger partial charge in [-0.3, -0.25) is 9.69 Å². The van der Waals surface area contributed by atoms with Crippen LogP contribution in [0.15, 0.2) is 48.5 Å². The van der Waals surface area contributed by atoms with Crippen molar-refractivity contribution in [2.24, 2.45) is 0 Å². The molecular formula is C24H28N2O5. The minimum absolute atomic E-state index is 0.0781. The van der Waals surface area contributed by atoms with Crippen molar-refractivity contribution in [1.82, 2.24) is 10.2 Å². The molecule has 2 N–H and O–H groups in total. The van der Waals surface area contributed by atoms with Gasteiger partial charge in [0.05, 0.1) is 0 Å². The molecule has 31 heavy (non-hydrogen) atoms. The fourth-order valence-corrected chi connectivity index (χ4v) is 4.03. The number of unbranched alkanes of at least 4 members (excludes halogenated alkanes) is 1. The van der Waals surface area contributed by atoms with Gasteiger partial charge < -0.3 is 15.2 Å². The van der Waals surface area contributed by atoms with Gasteiger partial charge in [0.2, 0.25) is 5.91 Å². The molecule has 164 valence electrons. The Balaban J connectivity index is 1.60. The number of hydrogen-bond acceptors (Lipinski definition) is 4. The first-order valence-electron chi connectivity index (χ1n) is 10.4. The van der Waals surface area contributed by atoms with Gasteiger partial charge in [0, 0.05) is 26.4 Å². The Labute approximate surface area is 182 Å². The van der Waals surface area contributed by atoms with Crippen LogP contribution < -0.4 is 5.32 Å². The summed E-state index contributed by atoms with van der Waals surface area (Å²) in [6.45, 7) is 2.06. The van der Waals surface area contributed by atoms with Crippen LogP contribution in [0.4, 0.5) is 4.79 Å². The van der Waals surface area contributed by atoms with Crippen LogP contribution in [0.25, 0.3) is 11.1 Å². The smallest absolute Gasteiger partial charge is 0.410 e. The van der Waals surface area contributed by atoms with E-state index in [0.717, 1.165) is 27.2 Å². The number of carboxylic acid groups (broad SMARTS) is 1. The Kier molecular flexibility index (Phi) is 7.28. The van der Waals surface area contributed by atoms with Gasteiger partial charge in [0.15, 0.2) is 0 Å². The molecule has 0 bridgehead atoms. The zero-order valence-electron chi connectivity index (χ0n) is 17.8. The molecule has 0 saturated heterocycles. The highest BCUT2D eigenvalue weighted by molar-refractivity contribution is 5.81. The minimum atomic E-state index is -1.07. The Morgan fingerprint density at radius 2 is 1.61 bits per heavy atom. The largest absolute Gasteiger partial charge is 0.480 e. The van der Waals surface area contributed by atoms with Gasteiger partial charge in [-0.15, -0.1) is 0 Å². The van der Waals surface area contributed by atoms with Crippen molar-refractivity contribution in [2.45, 2.75) is 38.1 Å². The van der Waals surface area contributed by atoms with Gasteiger partial charge in [-0.2, -0.15) is 0 Å². The number of likely N-dealkylation sites (N-methyl/N-ethyl adjacent to an activating group) is 1. The Morgan fingerprint density at radius 3 is 2.16 bits per heavy atom. The molecule has 7 nitrogen and oxygen atoms in total. The highest BCUT2D eigenvalue weighted by atomic mass is 16.6. The summed E-state index contributed by atoms with van der Waals surface area (Å²) in [5.41, 5.74) is 4.48. The van der Waals surface area contributed by atoms with E-state index in [1.54, 1.807) is 0 Å². The second-order valence-electron chi connectivity index (χ2n) is 7.75. The average Bonchev–Trinajstić information content (AvgIpc) is 3.07. The maximum atomic E-state index is 12.6. The number of amides is 2. The van der Waals surface area contributed by atoms with Crippen LogP contribution in [0.5, 0.6) is 0 Å². The average molecular weight is 424 g/mol. The third-order valence-electron chi connectivity index (χ3n) is 5.65. The lowest BCUT2D eigenvalue weighted by Crippen LogP contribution is -2.43. The summed E-state index contributed by atoms with van der Waals surface area (Å²) < 4.78 is 5.56. The van der Waals surface area contributed by atoms with E-state index in [4.69, 9.17) is 4.74 Å². The molecular weight excluding hydrogens is 396 g/mol. The van der Waals surface area contributed by atoms with Crippen LogP contribution in [0, 0.1) is 0 Å². The van der Waals surface area contributed by atoms with Crippen molar-refractivity contribution in [3.8, 4) is 11.1 Å². The van der Waals surface area contributed by atoms with E-state index in [-0.39, 0.29) is 24.9 Å². The highest BCUT2D eigenvalue weighted by Crippen LogP contribution is 2.44. The Morgan fingerprint density at radius 1 is 1.03 bits per heavy atom. The topological polar surface area (TPSA) is 95.9 Å². The van der Waals surface area contributed by atoms with Crippen molar-refractivity contribution in [3.63, 3.8) is 0 Å². The molecule has 0 aliphatic heterocycles. The summed E-state index contributed by atoms with van der Waals surface area (Å²) in [5.74, 6) is -1.27. The number of carboxylic acids is 1. The van der Waals surface area contributed by atoms with Crippen molar-refractivity contribution >= 4 is 18.0 Å². The predicted molar refractivity (Wildman–Crippen MR) is 117 cm³/mol. The van der Waals surface area contributed by atoms with Crippen LogP contribution in [0.1, 0.15) is 43.2 Å². The van der Waals surface area contributed by atoms with Gasteiger partial charge in [-0.1, -0.05) is 48.5 Å². The molecule has 1 atom stereocenters. The third kappa shape index (κ3) is 5.23. The van der Waals surface area contributed by atoms with Gasteiger partial charge in [-0.05, 0) is 41.5 Å². The maximum absolute atomic E-state index is 12.6. The minimum Gasteiger partial charge on any atom is -0.480 e. The molecule has 0 spiro atoms. The Bertz CT molecular complexity index is 913. The van der Waals surface area contributed by atoms with E-state index in [1.165, 1.54) is 14.0 Å². The van der Waals surface area contributed by atoms with Gasteiger partial charge in [0.1, 0.15) is 12.6 Å². The molecule has 7 heteroatoms. The molecule has 0 radical (unpaired) electrons. The van der Waals surface area contributed by atoms with Crippen LogP contribution >= 0.6 is 0 Å². The fraction of sp³-hybridized carbons (Fsp3) is 0.375. The number of carbonyl (C=O) groups is 3. The molecule has 0 fully saturated rings. The summed E-state index contributed by atoms with van der Waals surface area (Å²) in [4.78, 5) is 36.4.